The summed E-state index contributed by atoms with van der Waals surface area (Å²) >= 11 is 0. The summed E-state index contributed by atoms with van der Waals surface area (Å²) in [6, 6.07) is 16.1. The number of hydrogen-bond donors (Lipinski definition) is 1. The Hall–Kier alpha value is -2.86. The topological polar surface area (TPSA) is 72.5 Å². The van der Waals surface area contributed by atoms with Crippen molar-refractivity contribution in [2.45, 2.75) is 17.7 Å². The normalized spacial score (nSPS) is 20.3. The zero-order valence-electron chi connectivity index (χ0n) is 14.3. The fourth-order valence-electron chi connectivity index (χ4n) is 3.67. The fourth-order valence-corrected chi connectivity index (χ4v) is 5.62. The average Bonchev–Trinajstić information content (AvgIpc) is 2.88. The molecule has 0 fully saturated rings. The first-order valence-corrected chi connectivity index (χ1v) is 9.65. The number of esters is 1. The lowest BCUT2D eigenvalue weighted by atomic mass is 9.85. The van der Waals surface area contributed by atoms with Crippen LogP contribution in [0.4, 0.5) is 0 Å². The minimum atomic E-state index is -3.73. The van der Waals surface area contributed by atoms with E-state index < -0.39 is 21.7 Å². The van der Waals surface area contributed by atoms with Crippen LogP contribution in [0.3, 0.4) is 0 Å². The summed E-state index contributed by atoms with van der Waals surface area (Å²) in [5.41, 5.74) is 2.81. The second-order valence-corrected chi connectivity index (χ2v) is 8.12. The van der Waals surface area contributed by atoms with Gasteiger partial charge in [-0.3, -0.25) is 0 Å². The molecular weight excluding hydrogens is 350 g/mol. The van der Waals surface area contributed by atoms with E-state index in [4.69, 9.17) is 4.74 Å². The Morgan fingerprint density at radius 2 is 1.69 bits per heavy atom. The molecule has 2 aliphatic heterocycles. The van der Waals surface area contributed by atoms with Crippen LogP contribution in [0.2, 0.25) is 0 Å². The predicted molar refractivity (Wildman–Crippen MR) is 97.6 cm³/mol. The molecule has 5 nitrogen and oxygen atoms in total. The molecule has 2 aromatic carbocycles. The summed E-state index contributed by atoms with van der Waals surface area (Å²) in [7, 11) is -2.43. The number of methoxy groups -OCH3 is 1. The van der Waals surface area contributed by atoms with Gasteiger partial charge in [-0.25, -0.2) is 13.2 Å². The Morgan fingerprint density at radius 3 is 2.38 bits per heavy atom. The van der Waals surface area contributed by atoms with E-state index >= 15 is 0 Å². The Balaban J connectivity index is 2.03. The van der Waals surface area contributed by atoms with Crippen molar-refractivity contribution >= 4 is 21.5 Å². The first-order valence-electron chi connectivity index (χ1n) is 8.16. The standard InChI is InChI=1S/C20H17NO4S/c1-12-16(20(22)25-2)17(13-8-4-3-5-9-13)19-18(21-12)14-10-6-7-11-15(14)26(19,23)24/h3-11,17,21H,1-2H3. The minimum absolute atomic E-state index is 0.205. The van der Waals surface area contributed by atoms with Gasteiger partial charge in [0.1, 0.15) is 0 Å². The van der Waals surface area contributed by atoms with Crippen LogP contribution in [0, 0.1) is 0 Å². The molecule has 132 valence electrons. The van der Waals surface area contributed by atoms with Gasteiger partial charge in [0.2, 0.25) is 9.84 Å². The molecule has 6 heteroatoms. The van der Waals surface area contributed by atoms with E-state index in [9.17, 15) is 13.2 Å². The summed E-state index contributed by atoms with van der Waals surface area (Å²) in [4.78, 5) is 13.0. The van der Waals surface area contributed by atoms with Gasteiger partial charge in [0, 0.05) is 11.3 Å². The average molecular weight is 367 g/mol. The van der Waals surface area contributed by atoms with Gasteiger partial charge < -0.3 is 10.1 Å². The monoisotopic (exact) mass is 367 g/mol. The van der Waals surface area contributed by atoms with E-state index in [-0.39, 0.29) is 9.80 Å². The lowest BCUT2D eigenvalue weighted by molar-refractivity contribution is -0.136. The van der Waals surface area contributed by atoms with Crippen LogP contribution in [0.1, 0.15) is 24.0 Å². The van der Waals surface area contributed by atoms with Gasteiger partial charge in [-0.15, -0.1) is 0 Å². The highest BCUT2D eigenvalue weighted by Crippen LogP contribution is 2.50. The molecule has 26 heavy (non-hydrogen) atoms. The van der Waals surface area contributed by atoms with Crippen LogP contribution in [-0.4, -0.2) is 21.5 Å². The van der Waals surface area contributed by atoms with Crippen LogP contribution >= 0.6 is 0 Å². The van der Waals surface area contributed by atoms with Crippen LogP contribution in [-0.2, 0) is 19.4 Å². The highest BCUT2D eigenvalue weighted by Gasteiger charge is 2.46. The van der Waals surface area contributed by atoms with Gasteiger partial charge in [-0.05, 0) is 18.6 Å². The zero-order chi connectivity index (χ0) is 18.5. The number of carbonyl (C=O) groups excluding carboxylic acids is 1. The van der Waals surface area contributed by atoms with Crippen molar-refractivity contribution in [3.05, 3.63) is 81.9 Å². The number of dihydropyridines is 1. The molecule has 2 aliphatic rings. The highest BCUT2D eigenvalue weighted by molar-refractivity contribution is 7.96. The van der Waals surface area contributed by atoms with Gasteiger partial charge >= 0.3 is 5.97 Å². The zero-order valence-corrected chi connectivity index (χ0v) is 15.1. The first-order chi connectivity index (χ1) is 12.5. The van der Waals surface area contributed by atoms with Crippen LogP contribution in [0.25, 0.3) is 5.70 Å². The van der Waals surface area contributed by atoms with Crippen molar-refractivity contribution < 1.29 is 17.9 Å². The van der Waals surface area contributed by atoms with E-state index in [0.717, 1.165) is 5.56 Å². The molecule has 0 aliphatic carbocycles. The third kappa shape index (κ3) is 2.22. The molecule has 2 aromatic rings. The van der Waals surface area contributed by atoms with Crippen LogP contribution in [0.5, 0.6) is 0 Å². The van der Waals surface area contributed by atoms with Gasteiger partial charge in [-0.2, -0.15) is 0 Å². The molecule has 0 bridgehead atoms. The third-order valence-corrected chi connectivity index (χ3v) is 6.74. The maximum absolute atomic E-state index is 13.3. The number of rotatable bonds is 2. The molecule has 0 amide bonds. The number of allylic oxidation sites excluding steroid dienone is 2. The minimum Gasteiger partial charge on any atom is -0.466 e. The summed E-state index contributed by atoms with van der Waals surface area (Å²) < 4.78 is 31.5. The predicted octanol–water partition coefficient (Wildman–Crippen LogP) is 2.98. The molecule has 2 heterocycles. The summed E-state index contributed by atoms with van der Waals surface area (Å²) in [6.07, 6.45) is 0. The molecule has 0 aromatic heterocycles. The van der Waals surface area contributed by atoms with Gasteiger partial charge in [-0.1, -0.05) is 48.5 Å². The molecule has 1 atom stereocenters. The number of benzene rings is 2. The second kappa shape index (κ2) is 5.85. The number of ether oxygens (including phenoxy) is 1. The molecule has 1 N–H and O–H groups in total. The Labute approximate surface area is 151 Å². The molecule has 0 saturated carbocycles. The molecule has 0 spiro atoms. The molecular formula is C20H17NO4S. The van der Waals surface area contributed by atoms with E-state index in [1.54, 1.807) is 31.2 Å². The fraction of sp³-hybridized carbons (Fsp3) is 0.150. The van der Waals surface area contributed by atoms with E-state index in [1.807, 2.05) is 30.3 Å². The van der Waals surface area contributed by atoms with Crippen molar-refractivity contribution in [3.63, 3.8) is 0 Å². The Morgan fingerprint density at radius 1 is 1.04 bits per heavy atom. The lowest BCUT2D eigenvalue weighted by Crippen LogP contribution is -2.29. The highest BCUT2D eigenvalue weighted by atomic mass is 32.2. The summed E-state index contributed by atoms with van der Waals surface area (Å²) in [6.45, 7) is 1.76. The molecule has 1 unspecified atom stereocenters. The number of fused-ring (bicyclic) bond motifs is 2. The van der Waals surface area contributed by atoms with Crippen molar-refractivity contribution in [1.82, 2.24) is 5.32 Å². The van der Waals surface area contributed by atoms with Crippen molar-refractivity contribution in [2.75, 3.05) is 7.11 Å². The Bertz CT molecular complexity index is 1080. The smallest absolute Gasteiger partial charge is 0.336 e. The SMILES string of the molecule is COC(=O)C1=C(C)NC2=C(C1c1ccccc1)S(=O)(=O)c1ccccc12. The Kier molecular flexibility index (Phi) is 3.73. The quantitative estimate of drug-likeness (QED) is 0.826. The number of hydrogen-bond acceptors (Lipinski definition) is 5. The van der Waals surface area contributed by atoms with Crippen molar-refractivity contribution in [3.8, 4) is 0 Å². The summed E-state index contributed by atoms with van der Waals surface area (Å²) in [5.74, 6) is -1.25. The summed E-state index contributed by atoms with van der Waals surface area (Å²) in [5, 5.41) is 3.13. The van der Waals surface area contributed by atoms with Gasteiger partial charge in [0.05, 0.1) is 34.1 Å². The number of carbonyl (C=O) groups is 1. The van der Waals surface area contributed by atoms with Gasteiger partial charge in [0.25, 0.3) is 0 Å². The molecule has 4 rings (SSSR count). The van der Waals surface area contributed by atoms with E-state index in [2.05, 4.69) is 5.32 Å². The van der Waals surface area contributed by atoms with Crippen LogP contribution in [0.15, 0.2) is 75.7 Å². The maximum Gasteiger partial charge on any atom is 0.336 e. The first kappa shape index (κ1) is 16.6. The number of nitrogens with one attached hydrogen (secondary N) is 1. The van der Waals surface area contributed by atoms with E-state index in [1.165, 1.54) is 7.11 Å². The second-order valence-electron chi connectivity index (χ2n) is 6.24. The van der Waals surface area contributed by atoms with Crippen molar-refractivity contribution in [2.24, 2.45) is 0 Å². The third-order valence-electron chi connectivity index (χ3n) is 4.79. The largest absolute Gasteiger partial charge is 0.466 e. The maximum atomic E-state index is 13.3. The lowest BCUT2D eigenvalue weighted by Gasteiger charge is -2.28. The number of sulfone groups is 1. The molecule has 0 radical (unpaired) electrons. The van der Waals surface area contributed by atoms with E-state index in [0.29, 0.717) is 22.5 Å². The van der Waals surface area contributed by atoms with Crippen molar-refractivity contribution in [1.29, 1.82) is 0 Å². The van der Waals surface area contributed by atoms with Gasteiger partial charge in [0.15, 0.2) is 0 Å². The molecule has 0 saturated heterocycles. The van der Waals surface area contributed by atoms with Crippen LogP contribution < -0.4 is 5.32 Å².